The molecular formula is C17H14FNO3. The van der Waals surface area contributed by atoms with Crippen molar-refractivity contribution in [2.75, 3.05) is 7.11 Å². The van der Waals surface area contributed by atoms with Crippen LogP contribution in [0.5, 0.6) is 0 Å². The lowest BCUT2D eigenvalue weighted by Gasteiger charge is -2.17. The third kappa shape index (κ3) is 2.57. The first-order valence-corrected chi connectivity index (χ1v) is 6.83. The third-order valence-corrected chi connectivity index (χ3v) is 3.59. The number of carbonyl (C=O) groups is 1. The van der Waals surface area contributed by atoms with Gasteiger partial charge in [0.1, 0.15) is 17.4 Å². The van der Waals surface area contributed by atoms with Crippen LogP contribution in [-0.4, -0.2) is 18.8 Å². The Morgan fingerprint density at radius 2 is 1.82 bits per heavy atom. The molecular weight excluding hydrogens is 285 g/mol. The number of carbonyl (C=O) groups excluding carboxylic acids is 1. The van der Waals surface area contributed by atoms with E-state index in [0.717, 1.165) is 5.56 Å². The van der Waals surface area contributed by atoms with Gasteiger partial charge in [-0.25, -0.2) is 4.39 Å². The molecule has 0 radical (unpaired) electrons. The van der Waals surface area contributed by atoms with Crippen LogP contribution in [0.25, 0.3) is 0 Å². The van der Waals surface area contributed by atoms with Gasteiger partial charge in [0.05, 0.1) is 7.11 Å². The molecule has 4 nitrogen and oxygen atoms in total. The Balaban J connectivity index is 1.97. The van der Waals surface area contributed by atoms with E-state index in [9.17, 15) is 9.18 Å². The zero-order valence-corrected chi connectivity index (χ0v) is 11.9. The average molecular weight is 299 g/mol. The van der Waals surface area contributed by atoms with Gasteiger partial charge in [-0.05, 0) is 17.7 Å². The number of nitrogens with zero attached hydrogens (tertiary/aromatic N) is 1. The molecule has 0 fully saturated rings. The van der Waals surface area contributed by atoms with Gasteiger partial charge in [0.2, 0.25) is 0 Å². The quantitative estimate of drug-likeness (QED) is 0.818. The van der Waals surface area contributed by atoms with Crippen LogP contribution in [0.4, 0.5) is 4.39 Å². The topological polar surface area (TPSA) is 47.9 Å². The number of hydrogen-bond donors (Lipinski definition) is 0. The molecule has 0 saturated heterocycles. The highest BCUT2D eigenvalue weighted by molar-refractivity contribution is 6.12. The fourth-order valence-electron chi connectivity index (χ4n) is 2.49. The van der Waals surface area contributed by atoms with Gasteiger partial charge in [-0.15, -0.1) is 0 Å². The van der Waals surface area contributed by atoms with Crippen molar-refractivity contribution in [3.63, 3.8) is 0 Å². The second-order valence-electron chi connectivity index (χ2n) is 4.92. The lowest BCUT2D eigenvalue weighted by molar-refractivity contribution is -0.146. The van der Waals surface area contributed by atoms with Gasteiger partial charge in [0.25, 0.3) is 0 Å². The molecule has 1 heterocycles. The second kappa shape index (κ2) is 5.97. The van der Waals surface area contributed by atoms with Crippen molar-refractivity contribution in [1.29, 1.82) is 0 Å². The van der Waals surface area contributed by atoms with Crippen LogP contribution in [0.1, 0.15) is 17.2 Å². The number of oxime groups is 1. The van der Waals surface area contributed by atoms with E-state index in [0.29, 0.717) is 11.3 Å². The molecule has 2 aromatic rings. The molecule has 0 spiro atoms. The number of hydrogen-bond acceptors (Lipinski definition) is 4. The molecule has 2 unspecified atom stereocenters. The normalized spacial score (nSPS) is 20.2. The van der Waals surface area contributed by atoms with Crippen LogP contribution >= 0.6 is 0 Å². The first-order chi connectivity index (χ1) is 10.7. The van der Waals surface area contributed by atoms with Gasteiger partial charge in [-0.1, -0.05) is 47.6 Å². The Hall–Kier alpha value is -2.69. The van der Waals surface area contributed by atoms with Crippen LogP contribution in [0.2, 0.25) is 0 Å². The fourth-order valence-corrected chi connectivity index (χ4v) is 2.49. The molecule has 0 aliphatic carbocycles. The third-order valence-electron chi connectivity index (χ3n) is 3.59. The highest BCUT2D eigenvalue weighted by Gasteiger charge is 2.42. The van der Waals surface area contributed by atoms with Gasteiger partial charge in [-0.3, -0.25) is 4.79 Å². The molecule has 0 N–H and O–H groups in total. The van der Waals surface area contributed by atoms with Gasteiger partial charge < -0.3 is 9.57 Å². The number of methoxy groups -OCH3 is 1. The summed E-state index contributed by atoms with van der Waals surface area (Å²) in [4.78, 5) is 17.7. The van der Waals surface area contributed by atoms with E-state index in [1.165, 1.54) is 19.2 Å². The molecule has 0 bridgehead atoms. The molecule has 0 saturated carbocycles. The lowest BCUT2D eigenvalue weighted by atomic mass is 9.89. The van der Waals surface area contributed by atoms with Crippen molar-refractivity contribution in [1.82, 2.24) is 0 Å². The van der Waals surface area contributed by atoms with E-state index >= 15 is 0 Å². The SMILES string of the molecule is COC(=O)C1C(c2ccc(F)cc2)=NOC1c1ccccc1. The second-order valence-corrected chi connectivity index (χ2v) is 4.92. The molecule has 0 amide bonds. The number of benzene rings is 2. The molecule has 1 aliphatic rings. The van der Waals surface area contributed by atoms with E-state index in [2.05, 4.69) is 5.16 Å². The standard InChI is InChI=1S/C17H14FNO3/c1-21-17(20)14-15(11-7-9-13(18)10-8-11)19-22-16(14)12-5-3-2-4-6-12/h2-10,14,16H,1H3. The zero-order valence-electron chi connectivity index (χ0n) is 11.9. The average Bonchev–Trinajstić information content (AvgIpc) is 3.00. The smallest absolute Gasteiger partial charge is 0.319 e. The number of rotatable bonds is 3. The highest BCUT2D eigenvalue weighted by Crippen LogP contribution is 2.35. The van der Waals surface area contributed by atoms with Crippen LogP contribution in [-0.2, 0) is 14.4 Å². The molecule has 22 heavy (non-hydrogen) atoms. The maximum Gasteiger partial charge on any atom is 0.319 e. The first kappa shape index (κ1) is 14.3. The summed E-state index contributed by atoms with van der Waals surface area (Å²) in [6, 6.07) is 15.1. The van der Waals surface area contributed by atoms with Gasteiger partial charge in [0, 0.05) is 5.56 Å². The largest absolute Gasteiger partial charge is 0.468 e. The van der Waals surface area contributed by atoms with Crippen molar-refractivity contribution in [2.45, 2.75) is 6.10 Å². The molecule has 1 aliphatic heterocycles. The zero-order chi connectivity index (χ0) is 15.5. The molecule has 5 heteroatoms. The van der Waals surface area contributed by atoms with Crippen molar-refractivity contribution in [2.24, 2.45) is 11.1 Å². The maximum absolute atomic E-state index is 13.1. The van der Waals surface area contributed by atoms with Gasteiger partial charge in [-0.2, -0.15) is 0 Å². The molecule has 0 aromatic heterocycles. The Morgan fingerprint density at radius 3 is 2.45 bits per heavy atom. The minimum Gasteiger partial charge on any atom is -0.468 e. The van der Waals surface area contributed by atoms with Crippen LogP contribution in [0.15, 0.2) is 59.8 Å². The highest BCUT2D eigenvalue weighted by atomic mass is 19.1. The summed E-state index contributed by atoms with van der Waals surface area (Å²) in [5.74, 6) is -1.47. The van der Waals surface area contributed by atoms with E-state index in [1.807, 2.05) is 30.3 Å². The minimum atomic E-state index is -0.683. The maximum atomic E-state index is 13.1. The summed E-state index contributed by atoms with van der Waals surface area (Å²) < 4.78 is 18.0. The lowest BCUT2D eigenvalue weighted by Crippen LogP contribution is -2.28. The van der Waals surface area contributed by atoms with E-state index in [4.69, 9.17) is 9.57 Å². The van der Waals surface area contributed by atoms with Crippen LogP contribution in [0, 0.1) is 11.7 Å². The van der Waals surface area contributed by atoms with Crippen LogP contribution in [0.3, 0.4) is 0 Å². The Bertz CT molecular complexity index is 698. The van der Waals surface area contributed by atoms with Crippen molar-refractivity contribution >= 4 is 11.7 Å². The number of halogens is 1. The fraction of sp³-hybridized carbons (Fsp3) is 0.176. The first-order valence-electron chi connectivity index (χ1n) is 6.83. The van der Waals surface area contributed by atoms with Crippen LogP contribution < -0.4 is 0 Å². The van der Waals surface area contributed by atoms with Crippen molar-refractivity contribution in [3.05, 3.63) is 71.5 Å². The Labute approximate surface area is 127 Å². The summed E-state index contributed by atoms with van der Waals surface area (Å²) in [7, 11) is 1.32. The van der Waals surface area contributed by atoms with E-state index in [-0.39, 0.29) is 5.82 Å². The molecule has 2 atom stereocenters. The Morgan fingerprint density at radius 1 is 1.14 bits per heavy atom. The number of ether oxygens (including phenoxy) is 1. The predicted molar refractivity (Wildman–Crippen MR) is 78.7 cm³/mol. The van der Waals surface area contributed by atoms with E-state index < -0.39 is 18.0 Å². The predicted octanol–water partition coefficient (Wildman–Crippen LogP) is 3.09. The molecule has 2 aromatic carbocycles. The minimum absolute atomic E-state index is 0.350. The summed E-state index contributed by atoms with van der Waals surface area (Å²) in [6.45, 7) is 0. The number of esters is 1. The summed E-state index contributed by atoms with van der Waals surface area (Å²) in [6.07, 6.45) is -0.547. The molecule has 112 valence electrons. The monoisotopic (exact) mass is 299 g/mol. The Kier molecular flexibility index (Phi) is 3.87. The summed E-state index contributed by atoms with van der Waals surface area (Å²) in [5.41, 5.74) is 1.91. The van der Waals surface area contributed by atoms with Gasteiger partial charge >= 0.3 is 5.97 Å². The summed E-state index contributed by atoms with van der Waals surface area (Å²) >= 11 is 0. The molecule has 3 rings (SSSR count). The summed E-state index contributed by atoms with van der Waals surface area (Å²) in [5, 5.41) is 4.04. The van der Waals surface area contributed by atoms with Gasteiger partial charge in [0.15, 0.2) is 6.10 Å². The van der Waals surface area contributed by atoms with Crippen molar-refractivity contribution in [3.8, 4) is 0 Å². The van der Waals surface area contributed by atoms with Crippen molar-refractivity contribution < 1.29 is 18.8 Å². The van der Waals surface area contributed by atoms with E-state index in [1.54, 1.807) is 12.1 Å².